The Morgan fingerprint density at radius 1 is 1.39 bits per heavy atom. The van der Waals surface area contributed by atoms with Crippen molar-refractivity contribution in [3.8, 4) is 5.75 Å². The minimum atomic E-state index is -0.537. The Hall–Kier alpha value is -1.32. The highest BCUT2D eigenvalue weighted by Gasteiger charge is 2.40. The third-order valence-corrected chi connectivity index (χ3v) is 4.24. The van der Waals surface area contributed by atoms with Gasteiger partial charge in [-0.2, -0.15) is 0 Å². The first kappa shape index (κ1) is 11.8. The molecule has 3 atom stereocenters. The summed E-state index contributed by atoms with van der Waals surface area (Å²) in [5, 5.41) is 20.4. The number of benzene rings is 1. The molecule has 1 saturated heterocycles. The summed E-state index contributed by atoms with van der Waals surface area (Å²) in [5.74, 6) is 0.894. The molecule has 3 heteroatoms. The highest BCUT2D eigenvalue weighted by atomic mass is 16.3. The van der Waals surface area contributed by atoms with Gasteiger partial charge in [-0.3, -0.25) is 4.90 Å². The quantitative estimate of drug-likeness (QED) is 0.784. The number of phenolic OH excluding ortho intramolecular Hbond substituents is 1. The van der Waals surface area contributed by atoms with Crippen LogP contribution in [-0.2, 0) is 0 Å². The highest BCUT2D eigenvalue weighted by Crippen LogP contribution is 2.47. The van der Waals surface area contributed by atoms with Crippen LogP contribution in [0.5, 0.6) is 5.75 Å². The van der Waals surface area contributed by atoms with Crippen LogP contribution < -0.4 is 0 Å². The first-order valence-electron chi connectivity index (χ1n) is 6.53. The molecule has 1 fully saturated rings. The molecule has 2 bridgehead atoms. The summed E-state index contributed by atoms with van der Waals surface area (Å²) in [6.07, 6.45) is 2.40. The average molecular weight is 245 g/mol. The van der Waals surface area contributed by atoms with Crippen LogP contribution in [0.3, 0.4) is 0 Å². The number of aromatic hydroxyl groups is 1. The van der Waals surface area contributed by atoms with Crippen LogP contribution >= 0.6 is 0 Å². The molecule has 0 spiro atoms. The summed E-state index contributed by atoms with van der Waals surface area (Å²) < 4.78 is 0. The number of aliphatic hydroxyl groups is 1. The van der Waals surface area contributed by atoms with Crippen molar-refractivity contribution in [2.75, 3.05) is 19.6 Å². The predicted octanol–water partition coefficient (Wildman–Crippen LogP) is 2.03. The van der Waals surface area contributed by atoms with Gasteiger partial charge in [-0.15, -0.1) is 6.58 Å². The van der Waals surface area contributed by atoms with Crippen molar-refractivity contribution in [2.45, 2.75) is 18.4 Å². The van der Waals surface area contributed by atoms with Crippen LogP contribution in [0.25, 0.3) is 0 Å². The fraction of sp³-hybridized carbons (Fsp3) is 0.467. The number of aliphatic hydroxyl groups excluding tert-OH is 1. The summed E-state index contributed by atoms with van der Waals surface area (Å²) in [6, 6.07) is 5.58. The van der Waals surface area contributed by atoms with Gasteiger partial charge in [0.15, 0.2) is 0 Å². The van der Waals surface area contributed by atoms with Gasteiger partial charge >= 0.3 is 0 Å². The zero-order chi connectivity index (χ0) is 12.7. The van der Waals surface area contributed by atoms with Crippen LogP contribution in [0.2, 0.25) is 0 Å². The molecule has 3 nitrogen and oxygen atoms in total. The van der Waals surface area contributed by atoms with Crippen molar-refractivity contribution in [1.29, 1.82) is 0 Å². The van der Waals surface area contributed by atoms with Gasteiger partial charge in [0.2, 0.25) is 0 Å². The molecule has 96 valence electrons. The van der Waals surface area contributed by atoms with Crippen molar-refractivity contribution in [3.63, 3.8) is 0 Å². The lowest BCUT2D eigenvalue weighted by Crippen LogP contribution is -2.44. The molecule has 1 aliphatic heterocycles. The van der Waals surface area contributed by atoms with Gasteiger partial charge in [0.05, 0.1) is 6.10 Å². The predicted molar refractivity (Wildman–Crippen MR) is 70.6 cm³/mol. The van der Waals surface area contributed by atoms with E-state index in [0.717, 1.165) is 37.2 Å². The van der Waals surface area contributed by atoms with Gasteiger partial charge in [-0.25, -0.2) is 0 Å². The van der Waals surface area contributed by atoms with Gasteiger partial charge in [-0.05, 0) is 24.0 Å². The van der Waals surface area contributed by atoms with E-state index in [1.807, 2.05) is 18.2 Å². The second-order valence-electron chi connectivity index (χ2n) is 5.42. The molecule has 1 aliphatic carbocycles. The number of fused-ring (bicyclic) bond motifs is 4. The van der Waals surface area contributed by atoms with E-state index in [0.29, 0.717) is 5.92 Å². The van der Waals surface area contributed by atoms with Crippen LogP contribution in [0, 0.1) is 5.92 Å². The third kappa shape index (κ3) is 1.74. The molecular formula is C15H19NO2. The molecule has 2 N–H and O–H groups in total. The molecule has 2 aliphatic rings. The van der Waals surface area contributed by atoms with E-state index in [9.17, 15) is 10.2 Å². The Balaban J connectivity index is 1.99. The standard InChI is InChI=1S/C15H19NO2/c1-2-6-16-8-10-7-11(9-16)15(18)14-12(10)4-3-5-13(14)17/h2-5,10-11,15,17-18H,1,6-9H2. The lowest BCUT2D eigenvalue weighted by molar-refractivity contribution is 0.0301. The van der Waals surface area contributed by atoms with E-state index in [1.54, 1.807) is 6.07 Å². The topological polar surface area (TPSA) is 43.7 Å². The summed E-state index contributed by atoms with van der Waals surface area (Å²) in [5.41, 5.74) is 1.88. The van der Waals surface area contributed by atoms with Gasteiger partial charge in [0.25, 0.3) is 0 Å². The van der Waals surface area contributed by atoms with Gasteiger partial charge in [-0.1, -0.05) is 18.2 Å². The molecule has 1 heterocycles. The van der Waals surface area contributed by atoms with Crippen LogP contribution in [-0.4, -0.2) is 34.7 Å². The number of rotatable bonds is 2. The van der Waals surface area contributed by atoms with Crippen LogP contribution in [0.1, 0.15) is 29.6 Å². The first-order valence-corrected chi connectivity index (χ1v) is 6.53. The summed E-state index contributed by atoms with van der Waals surface area (Å²) in [4.78, 5) is 2.34. The van der Waals surface area contributed by atoms with Gasteiger partial charge in [0, 0.05) is 31.1 Å². The molecular weight excluding hydrogens is 226 g/mol. The fourth-order valence-corrected chi connectivity index (χ4v) is 3.50. The van der Waals surface area contributed by atoms with E-state index < -0.39 is 6.10 Å². The summed E-state index contributed by atoms with van der Waals surface area (Å²) in [6.45, 7) is 6.53. The largest absolute Gasteiger partial charge is 0.508 e. The molecule has 0 amide bonds. The highest BCUT2D eigenvalue weighted by molar-refractivity contribution is 5.45. The van der Waals surface area contributed by atoms with E-state index in [4.69, 9.17) is 0 Å². The van der Waals surface area contributed by atoms with Crippen molar-refractivity contribution in [2.24, 2.45) is 5.92 Å². The average Bonchev–Trinajstić information content (AvgIpc) is 2.36. The Kier molecular flexibility index (Phi) is 2.88. The minimum absolute atomic E-state index is 0.226. The Bertz CT molecular complexity index is 472. The SMILES string of the molecule is C=CCN1CC2CC(C1)C(O)c1c(O)cccc12. The zero-order valence-electron chi connectivity index (χ0n) is 10.4. The molecule has 1 aromatic rings. The van der Waals surface area contributed by atoms with E-state index >= 15 is 0 Å². The number of likely N-dealkylation sites (tertiary alicyclic amines) is 1. The van der Waals surface area contributed by atoms with Crippen molar-refractivity contribution < 1.29 is 10.2 Å². The second-order valence-corrected chi connectivity index (χ2v) is 5.42. The maximum absolute atomic E-state index is 10.4. The van der Waals surface area contributed by atoms with Gasteiger partial charge in [0.1, 0.15) is 5.75 Å². The molecule has 3 rings (SSSR count). The van der Waals surface area contributed by atoms with E-state index in [-0.39, 0.29) is 11.7 Å². The Labute approximate surface area is 107 Å². The maximum atomic E-state index is 10.4. The van der Waals surface area contributed by atoms with E-state index in [2.05, 4.69) is 11.5 Å². The molecule has 0 radical (unpaired) electrons. The fourth-order valence-electron chi connectivity index (χ4n) is 3.50. The lowest BCUT2D eigenvalue weighted by atomic mass is 9.72. The maximum Gasteiger partial charge on any atom is 0.121 e. The number of piperidine rings is 1. The molecule has 3 unspecified atom stereocenters. The van der Waals surface area contributed by atoms with Crippen LogP contribution in [0.4, 0.5) is 0 Å². The zero-order valence-corrected chi connectivity index (χ0v) is 10.4. The van der Waals surface area contributed by atoms with E-state index in [1.165, 1.54) is 0 Å². The molecule has 18 heavy (non-hydrogen) atoms. The smallest absolute Gasteiger partial charge is 0.121 e. The molecule has 0 saturated carbocycles. The van der Waals surface area contributed by atoms with Crippen LogP contribution in [0.15, 0.2) is 30.9 Å². The third-order valence-electron chi connectivity index (χ3n) is 4.24. The normalized spacial score (nSPS) is 30.8. The first-order chi connectivity index (χ1) is 8.70. The Morgan fingerprint density at radius 2 is 2.22 bits per heavy atom. The number of hydrogen-bond donors (Lipinski definition) is 2. The van der Waals surface area contributed by atoms with Crippen molar-refractivity contribution >= 4 is 0 Å². The number of nitrogens with zero attached hydrogens (tertiary/aromatic N) is 1. The van der Waals surface area contributed by atoms with Crippen molar-refractivity contribution in [3.05, 3.63) is 42.0 Å². The number of phenols is 1. The lowest BCUT2D eigenvalue weighted by Gasteiger charge is -2.44. The summed E-state index contributed by atoms with van der Waals surface area (Å²) >= 11 is 0. The Morgan fingerprint density at radius 3 is 3.00 bits per heavy atom. The second kappa shape index (κ2) is 4.41. The monoisotopic (exact) mass is 245 g/mol. The molecule has 0 aromatic heterocycles. The summed E-state index contributed by atoms with van der Waals surface area (Å²) in [7, 11) is 0. The molecule has 1 aromatic carbocycles. The van der Waals surface area contributed by atoms with Gasteiger partial charge < -0.3 is 10.2 Å². The minimum Gasteiger partial charge on any atom is -0.508 e. The van der Waals surface area contributed by atoms with Crippen molar-refractivity contribution in [1.82, 2.24) is 4.90 Å². The number of hydrogen-bond acceptors (Lipinski definition) is 3.